The Morgan fingerprint density at radius 2 is 1.81 bits per heavy atom. The van der Waals surface area contributed by atoms with Crippen molar-refractivity contribution < 1.29 is 14.0 Å². The summed E-state index contributed by atoms with van der Waals surface area (Å²) in [5, 5.41) is 0. The Hall–Kier alpha value is -2.75. The van der Waals surface area contributed by atoms with Crippen LogP contribution in [-0.2, 0) is 9.59 Å². The third-order valence-electron chi connectivity index (χ3n) is 5.21. The Kier molecular flexibility index (Phi) is 4.19. The van der Waals surface area contributed by atoms with Crippen LogP contribution in [-0.4, -0.2) is 11.7 Å². The lowest BCUT2D eigenvalue weighted by Crippen LogP contribution is -2.40. The van der Waals surface area contributed by atoms with Gasteiger partial charge in [-0.25, -0.2) is 4.39 Å². The van der Waals surface area contributed by atoms with Gasteiger partial charge in [-0.15, -0.1) is 0 Å². The number of rotatable bonds is 2. The molecule has 4 rings (SSSR count). The Labute approximate surface area is 152 Å². The molecule has 2 aliphatic rings. The average molecular weight is 349 g/mol. The van der Waals surface area contributed by atoms with Crippen molar-refractivity contribution in [2.75, 3.05) is 4.90 Å². The number of aryl methyl sites for hydroxylation is 1. The number of carbonyl (C=O) groups excluding carboxylic acids is 2. The molecule has 1 aliphatic heterocycles. The van der Waals surface area contributed by atoms with Crippen molar-refractivity contribution in [3.05, 3.63) is 76.7 Å². The van der Waals surface area contributed by atoms with Crippen LogP contribution in [0.1, 0.15) is 42.7 Å². The van der Waals surface area contributed by atoms with Gasteiger partial charge in [0.25, 0.3) is 0 Å². The van der Waals surface area contributed by atoms with Gasteiger partial charge in [-0.1, -0.05) is 24.3 Å². The lowest BCUT2D eigenvalue weighted by Gasteiger charge is -2.38. The summed E-state index contributed by atoms with van der Waals surface area (Å²) in [4.78, 5) is 27.5. The van der Waals surface area contributed by atoms with Crippen LogP contribution in [0.2, 0.25) is 0 Å². The second kappa shape index (κ2) is 6.52. The molecular weight excluding hydrogens is 329 g/mol. The molecular formula is C22H20FNO2. The fourth-order valence-corrected chi connectivity index (χ4v) is 4.04. The minimum Gasteiger partial charge on any atom is -0.294 e. The van der Waals surface area contributed by atoms with Gasteiger partial charge in [-0.05, 0) is 55.2 Å². The first-order valence-corrected chi connectivity index (χ1v) is 8.96. The molecule has 1 atom stereocenters. The van der Waals surface area contributed by atoms with E-state index in [0.717, 1.165) is 34.5 Å². The molecule has 4 heteroatoms. The molecule has 3 nitrogen and oxygen atoms in total. The molecule has 0 N–H and O–H groups in total. The summed E-state index contributed by atoms with van der Waals surface area (Å²) in [6, 6.07) is 13.9. The van der Waals surface area contributed by atoms with Crippen LogP contribution in [0.25, 0.3) is 0 Å². The predicted molar refractivity (Wildman–Crippen MR) is 98.3 cm³/mol. The maximum Gasteiger partial charge on any atom is 0.232 e. The topological polar surface area (TPSA) is 37.4 Å². The Bertz CT molecular complexity index is 914. The van der Waals surface area contributed by atoms with Gasteiger partial charge in [0.15, 0.2) is 5.78 Å². The number of halogens is 1. The fourth-order valence-electron chi connectivity index (χ4n) is 4.04. The molecule has 132 valence electrons. The zero-order chi connectivity index (χ0) is 18.3. The molecule has 0 spiro atoms. The van der Waals surface area contributed by atoms with E-state index in [-0.39, 0.29) is 29.8 Å². The minimum absolute atomic E-state index is 0.0154. The number of nitrogens with zero attached hydrogens (tertiary/aromatic N) is 1. The number of amides is 1. The van der Waals surface area contributed by atoms with E-state index in [1.807, 2.05) is 31.2 Å². The second-order valence-corrected chi connectivity index (χ2v) is 7.01. The molecule has 2 aromatic rings. The van der Waals surface area contributed by atoms with E-state index in [1.54, 1.807) is 17.0 Å². The maximum atomic E-state index is 13.3. The Balaban J connectivity index is 1.85. The number of benzene rings is 2. The highest BCUT2D eigenvalue weighted by Crippen LogP contribution is 2.43. The monoisotopic (exact) mass is 349 g/mol. The number of carbonyl (C=O) groups is 2. The van der Waals surface area contributed by atoms with Crippen LogP contribution < -0.4 is 4.90 Å². The summed E-state index contributed by atoms with van der Waals surface area (Å²) < 4.78 is 13.3. The van der Waals surface area contributed by atoms with Crippen molar-refractivity contribution in [2.45, 2.75) is 38.5 Å². The third-order valence-corrected chi connectivity index (χ3v) is 5.21. The highest BCUT2D eigenvalue weighted by Gasteiger charge is 2.39. The predicted octanol–water partition coefficient (Wildman–Crippen LogP) is 4.66. The van der Waals surface area contributed by atoms with Crippen LogP contribution in [0.4, 0.5) is 10.1 Å². The van der Waals surface area contributed by atoms with E-state index in [0.29, 0.717) is 12.8 Å². The molecule has 0 saturated heterocycles. The molecule has 0 radical (unpaired) electrons. The maximum absolute atomic E-state index is 13.3. The Morgan fingerprint density at radius 1 is 1.04 bits per heavy atom. The van der Waals surface area contributed by atoms with Crippen molar-refractivity contribution in [1.82, 2.24) is 0 Å². The quantitative estimate of drug-likeness (QED) is 0.791. The van der Waals surface area contributed by atoms with Crippen LogP contribution >= 0.6 is 0 Å². The summed E-state index contributed by atoms with van der Waals surface area (Å²) in [7, 11) is 0. The summed E-state index contributed by atoms with van der Waals surface area (Å²) in [5.74, 6) is -0.516. The number of hydrogen-bond acceptors (Lipinski definition) is 2. The minimum atomic E-state index is -0.318. The molecule has 0 saturated carbocycles. The lowest BCUT2D eigenvalue weighted by atomic mass is 9.77. The number of allylic oxidation sites excluding steroid dienone is 2. The molecule has 0 fully saturated rings. The van der Waals surface area contributed by atoms with Gasteiger partial charge >= 0.3 is 0 Å². The number of hydrogen-bond donors (Lipinski definition) is 0. The van der Waals surface area contributed by atoms with E-state index in [9.17, 15) is 14.0 Å². The lowest BCUT2D eigenvalue weighted by molar-refractivity contribution is -0.119. The molecule has 2 aromatic carbocycles. The van der Waals surface area contributed by atoms with Crippen LogP contribution in [0.3, 0.4) is 0 Å². The molecule has 1 unspecified atom stereocenters. The smallest absolute Gasteiger partial charge is 0.232 e. The zero-order valence-corrected chi connectivity index (χ0v) is 14.7. The fraction of sp³-hybridized carbons (Fsp3) is 0.273. The summed E-state index contributed by atoms with van der Waals surface area (Å²) in [5.41, 5.74) is 4.25. The van der Waals surface area contributed by atoms with Crippen LogP contribution in [0, 0.1) is 12.7 Å². The Morgan fingerprint density at radius 3 is 2.54 bits per heavy atom. The van der Waals surface area contributed by atoms with E-state index < -0.39 is 0 Å². The van der Waals surface area contributed by atoms with E-state index >= 15 is 0 Å². The molecule has 0 bridgehead atoms. The van der Waals surface area contributed by atoms with Crippen molar-refractivity contribution in [3.63, 3.8) is 0 Å². The van der Waals surface area contributed by atoms with Gasteiger partial charge in [0.05, 0.1) is 0 Å². The molecule has 1 aliphatic carbocycles. The van der Waals surface area contributed by atoms with Gasteiger partial charge in [0, 0.05) is 35.7 Å². The first-order chi connectivity index (χ1) is 12.5. The summed E-state index contributed by atoms with van der Waals surface area (Å²) >= 11 is 0. The second-order valence-electron chi connectivity index (χ2n) is 7.01. The van der Waals surface area contributed by atoms with Crippen molar-refractivity contribution in [2.24, 2.45) is 0 Å². The van der Waals surface area contributed by atoms with Gasteiger partial charge in [-0.2, -0.15) is 0 Å². The average Bonchev–Trinajstić information content (AvgIpc) is 2.62. The largest absolute Gasteiger partial charge is 0.294 e. The number of ketones is 1. The van der Waals surface area contributed by atoms with Gasteiger partial charge in [-0.3, -0.25) is 14.5 Å². The van der Waals surface area contributed by atoms with Crippen LogP contribution in [0.5, 0.6) is 0 Å². The molecule has 1 amide bonds. The number of anilines is 1. The summed E-state index contributed by atoms with van der Waals surface area (Å²) in [6.45, 7) is 1.99. The first-order valence-electron chi connectivity index (χ1n) is 8.96. The van der Waals surface area contributed by atoms with Crippen molar-refractivity contribution in [3.8, 4) is 0 Å². The molecule has 0 aromatic heterocycles. The summed E-state index contributed by atoms with van der Waals surface area (Å²) in [6.07, 6.45) is 2.19. The highest BCUT2D eigenvalue weighted by molar-refractivity contribution is 6.07. The zero-order valence-electron chi connectivity index (χ0n) is 14.7. The van der Waals surface area contributed by atoms with Crippen molar-refractivity contribution >= 4 is 17.4 Å². The van der Waals surface area contributed by atoms with Gasteiger partial charge in [0.1, 0.15) is 5.82 Å². The van der Waals surface area contributed by atoms with Crippen molar-refractivity contribution in [1.29, 1.82) is 0 Å². The van der Waals surface area contributed by atoms with Crippen LogP contribution in [0.15, 0.2) is 59.8 Å². The van der Waals surface area contributed by atoms with Gasteiger partial charge < -0.3 is 0 Å². The highest BCUT2D eigenvalue weighted by atomic mass is 19.1. The van der Waals surface area contributed by atoms with Gasteiger partial charge in [0.2, 0.25) is 5.91 Å². The molecule has 26 heavy (non-hydrogen) atoms. The number of Topliss-reactive ketones (excluding diaryl/α,β-unsaturated/α-hetero) is 1. The van der Waals surface area contributed by atoms with E-state index in [2.05, 4.69) is 0 Å². The first kappa shape index (κ1) is 16.7. The normalized spacial score (nSPS) is 20.4. The molecule has 1 heterocycles. The van der Waals surface area contributed by atoms with E-state index in [4.69, 9.17) is 0 Å². The standard InChI is InChI=1S/C22H20FNO2/c1-14-4-2-5-17(12-14)24-19-6-3-7-20(25)22(19)18(13-21(24)26)15-8-10-16(23)11-9-15/h2,4-5,8-12,18H,3,6-7,13H2,1H3. The SMILES string of the molecule is Cc1cccc(N2C(=O)CC(c3ccc(F)cc3)C3=C2CCCC3=O)c1. The third kappa shape index (κ3) is 2.85. The van der Waals surface area contributed by atoms with E-state index in [1.165, 1.54) is 12.1 Å².